The van der Waals surface area contributed by atoms with Crippen LogP contribution in [-0.2, 0) is 32.8 Å². The Kier molecular flexibility index (Phi) is 2.51. The first kappa shape index (κ1) is 9.96. The first-order valence-corrected chi connectivity index (χ1v) is 6.64. The largest absolute Gasteiger partial charge is 0.372 e. The normalized spacial score (nSPS) is 15.5. The van der Waals surface area contributed by atoms with Crippen LogP contribution < -0.4 is 0 Å². The first-order chi connectivity index (χ1) is 6.56. The maximum atomic E-state index is 10.9. The van der Waals surface area contributed by atoms with E-state index in [0.29, 0.717) is 13.2 Å². The predicted molar refractivity (Wildman–Crippen MR) is 53.4 cm³/mol. The number of ether oxygens (including phenoxy) is 1. The summed E-state index contributed by atoms with van der Waals surface area (Å²) in [5.74, 6) is -0.124. The highest BCUT2D eigenvalue weighted by Crippen LogP contribution is 2.25. The van der Waals surface area contributed by atoms with Crippen molar-refractivity contribution in [3.63, 3.8) is 0 Å². The summed E-state index contributed by atoms with van der Waals surface area (Å²) in [6.07, 6.45) is 0. The van der Waals surface area contributed by atoms with Gasteiger partial charge in [-0.25, -0.2) is 8.42 Å². The van der Waals surface area contributed by atoms with Gasteiger partial charge >= 0.3 is 0 Å². The SMILES string of the molecule is O=S(=O)(Cl)Cc1cccc2c1COC2. The van der Waals surface area contributed by atoms with E-state index in [9.17, 15) is 8.42 Å². The lowest BCUT2D eigenvalue weighted by Crippen LogP contribution is -1.99. The van der Waals surface area contributed by atoms with Crippen LogP contribution in [0.5, 0.6) is 0 Å². The van der Waals surface area contributed by atoms with Gasteiger partial charge in [-0.1, -0.05) is 18.2 Å². The second-order valence-electron chi connectivity index (χ2n) is 3.23. The summed E-state index contributed by atoms with van der Waals surface area (Å²) in [5.41, 5.74) is 2.77. The summed E-state index contributed by atoms with van der Waals surface area (Å²) in [4.78, 5) is 0. The van der Waals surface area contributed by atoms with E-state index in [1.165, 1.54) is 0 Å². The zero-order chi connectivity index (χ0) is 10.2. The van der Waals surface area contributed by atoms with Crippen molar-refractivity contribution >= 4 is 19.7 Å². The van der Waals surface area contributed by atoms with Crippen LogP contribution >= 0.6 is 10.7 Å². The molecule has 0 radical (unpaired) electrons. The Morgan fingerprint density at radius 2 is 2.14 bits per heavy atom. The Labute approximate surface area is 87.1 Å². The summed E-state index contributed by atoms with van der Waals surface area (Å²) in [5, 5.41) is 0. The third-order valence-electron chi connectivity index (χ3n) is 2.20. The van der Waals surface area contributed by atoms with Gasteiger partial charge in [0.15, 0.2) is 0 Å². The van der Waals surface area contributed by atoms with E-state index in [-0.39, 0.29) is 5.75 Å². The average Bonchev–Trinajstić information content (AvgIpc) is 2.49. The van der Waals surface area contributed by atoms with Crippen LogP contribution in [0.15, 0.2) is 18.2 Å². The Morgan fingerprint density at radius 1 is 1.36 bits per heavy atom. The predicted octanol–water partition coefficient (Wildman–Crippen LogP) is 1.79. The average molecular weight is 233 g/mol. The number of fused-ring (bicyclic) bond motifs is 1. The van der Waals surface area contributed by atoms with Crippen molar-refractivity contribution in [3.05, 3.63) is 34.9 Å². The molecule has 0 bridgehead atoms. The molecule has 0 unspecified atom stereocenters. The molecule has 0 amide bonds. The molecule has 0 atom stereocenters. The van der Waals surface area contributed by atoms with Crippen LogP contribution in [0, 0.1) is 0 Å². The van der Waals surface area contributed by atoms with Crippen LogP contribution in [0.2, 0.25) is 0 Å². The quantitative estimate of drug-likeness (QED) is 0.731. The smallest absolute Gasteiger partial charge is 0.236 e. The van der Waals surface area contributed by atoms with Crippen LogP contribution in [0.25, 0.3) is 0 Å². The van der Waals surface area contributed by atoms with E-state index >= 15 is 0 Å². The molecule has 0 spiro atoms. The van der Waals surface area contributed by atoms with Gasteiger partial charge in [0, 0.05) is 10.7 Å². The van der Waals surface area contributed by atoms with Crippen molar-refractivity contribution < 1.29 is 13.2 Å². The van der Waals surface area contributed by atoms with Crippen molar-refractivity contribution in [2.45, 2.75) is 19.0 Å². The summed E-state index contributed by atoms with van der Waals surface area (Å²) in [6, 6.07) is 5.53. The highest BCUT2D eigenvalue weighted by atomic mass is 35.7. The second-order valence-corrected chi connectivity index (χ2v) is 6.01. The first-order valence-electron chi connectivity index (χ1n) is 4.16. The zero-order valence-electron chi connectivity index (χ0n) is 7.36. The van der Waals surface area contributed by atoms with Crippen molar-refractivity contribution in [2.24, 2.45) is 0 Å². The summed E-state index contributed by atoms with van der Waals surface area (Å²) >= 11 is 0. The molecular formula is C9H9ClO3S. The summed E-state index contributed by atoms with van der Waals surface area (Å²) < 4.78 is 27.1. The molecule has 3 nitrogen and oxygen atoms in total. The van der Waals surface area contributed by atoms with Gasteiger partial charge in [0.1, 0.15) is 0 Å². The third-order valence-corrected chi connectivity index (χ3v) is 3.19. The van der Waals surface area contributed by atoms with Crippen LogP contribution in [0.4, 0.5) is 0 Å². The number of rotatable bonds is 2. The minimum Gasteiger partial charge on any atom is -0.372 e. The summed E-state index contributed by atoms with van der Waals surface area (Å²) in [6.45, 7) is 1.05. The van der Waals surface area contributed by atoms with Crippen LogP contribution in [0.1, 0.15) is 16.7 Å². The monoisotopic (exact) mass is 232 g/mol. The zero-order valence-corrected chi connectivity index (χ0v) is 8.94. The lowest BCUT2D eigenvalue weighted by molar-refractivity contribution is 0.134. The van der Waals surface area contributed by atoms with Gasteiger partial charge in [-0.2, -0.15) is 0 Å². The van der Waals surface area contributed by atoms with E-state index in [1.54, 1.807) is 6.07 Å². The van der Waals surface area contributed by atoms with Gasteiger partial charge in [0.25, 0.3) is 0 Å². The fourth-order valence-corrected chi connectivity index (χ4v) is 2.59. The van der Waals surface area contributed by atoms with Gasteiger partial charge in [0.05, 0.1) is 19.0 Å². The van der Waals surface area contributed by atoms with E-state index in [1.807, 2.05) is 12.1 Å². The Morgan fingerprint density at radius 3 is 2.86 bits per heavy atom. The molecular weight excluding hydrogens is 224 g/mol. The molecule has 0 aromatic heterocycles. The molecule has 1 aliphatic rings. The number of hydrogen-bond donors (Lipinski definition) is 0. The third kappa shape index (κ3) is 2.08. The molecule has 0 aliphatic carbocycles. The highest BCUT2D eigenvalue weighted by molar-refractivity contribution is 8.13. The molecule has 5 heteroatoms. The van der Waals surface area contributed by atoms with Crippen molar-refractivity contribution in [1.82, 2.24) is 0 Å². The molecule has 1 heterocycles. The Hall–Kier alpha value is -0.580. The minimum absolute atomic E-state index is 0.124. The summed E-state index contributed by atoms with van der Waals surface area (Å²) in [7, 11) is 1.72. The van der Waals surface area contributed by atoms with E-state index in [2.05, 4.69) is 0 Å². The molecule has 1 aromatic carbocycles. The fourth-order valence-electron chi connectivity index (χ4n) is 1.59. The minimum atomic E-state index is -3.48. The Balaban J connectivity index is 2.40. The molecule has 2 rings (SSSR count). The number of halogens is 1. The standard InChI is InChI=1S/C9H9ClO3S/c10-14(11,12)6-8-3-1-2-7-4-13-5-9(7)8/h1-3H,4-6H2. The van der Waals surface area contributed by atoms with Crippen LogP contribution in [0.3, 0.4) is 0 Å². The second kappa shape index (κ2) is 3.53. The van der Waals surface area contributed by atoms with E-state index in [4.69, 9.17) is 15.4 Å². The fraction of sp³-hybridized carbons (Fsp3) is 0.333. The van der Waals surface area contributed by atoms with Gasteiger partial charge in [-0.05, 0) is 16.7 Å². The molecule has 0 saturated carbocycles. The topological polar surface area (TPSA) is 43.4 Å². The van der Waals surface area contributed by atoms with Crippen LogP contribution in [-0.4, -0.2) is 8.42 Å². The van der Waals surface area contributed by atoms with Gasteiger partial charge < -0.3 is 4.74 Å². The van der Waals surface area contributed by atoms with Crippen molar-refractivity contribution in [2.75, 3.05) is 0 Å². The van der Waals surface area contributed by atoms with Crippen molar-refractivity contribution in [1.29, 1.82) is 0 Å². The van der Waals surface area contributed by atoms with Gasteiger partial charge in [-0.15, -0.1) is 0 Å². The molecule has 76 valence electrons. The van der Waals surface area contributed by atoms with Crippen molar-refractivity contribution in [3.8, 4) is 0 Å². The molecule has 14 heavy (non-hydrogen) atoms. The molecule has 0 saturated heterocycles. The number of benzene rings is 1. The lowest BCUT2D eigenvalue weighted by atomic mass is 10.1. The maximum Gasteiger partial charge on any atom is 0.236 e. The number of hydrogen-bond acceptors (Lipinski definition) is 3. The van der Waals surface area contributed by atoms with Gasteiger partial charge in [0.2, 0.25) is 9.05 Å². The van der Waals surface area contributed by atoms with E-state index < -0.39 is 9.05 Å². The lowest BCUT2D eigenvalue weighted by Gasteiger charge is -2.04. The molecule has 0 N–H and O–H groups in total. The van der Waals surface area contributed by atoms with Gasteiger partial charge in [-0.3, -0.25) is 0 Å². The Bertz CT molecular complexity index is 453. The molecule has 1 aliphatic heterocycles. The molecule has 1 aromatic rings. The highest BCUT2D eigenvalue weighted by Gasteiger charge is 2.17. The molecule has 0 fully saturated rings. The maximum absolute atomic E-state index is 10.9. The van der Waals surface area contributed by atoms with E-state index in [0.717, 1.165) is 16.7 Å².